The molecule has 5 heteroatoms. The number of aromatic nitrogens is 1. The topological polar surface area (TPSA) is 71.8 Å². The molecule has 0 fully saturated rings. The molecule has 0 aliphatic carbocycles. The Morgan fingerprint density at radius 3 is 1.13 bits per heavy atom. The fraction of sp³-hybridized carbons (Fsp3) is 0.364. The smallest absolute Gasteiger partial charge is 0.222 e. The van der Waals surface area contributed by atoms with Gasteiger partial charge in [-0.25, -0.2) is 4.98 Å². The van der Waals surface area contributed by atoms with Crippen molar-refractivity contribution in [1.29, 1.82) is 0 Å². The summed E-state index contributed by atoms with van der Waals surface area (Å²) in [4.78, 5) is 39.6. The highest BCUT2D eigenvalue weighted by Gasteiger charge is 2.16. The van der Waals surface area contributed by atoms with Gasteiger partial charge in [0.1, 0.15) is 11.4 Å². The molecule has 0 amide bonds. The standard InChI is InChI=1S/C33H39N3O2/c1-20(2)24-12-9-13-25(21(3)4)32(24)34-18-30(37)28-16-11-17-29(36-28)31(38)19-35-33-26(22(5)6)14-10-15-27(33)23(7)8/h9-23H,1-8H3. The van der Waals surface area contributed by atoms with E-state index in [0.29, 0.717) is 0 Å². The van der Waals surface area contributed by atoms with Gasteiger partial charge in [0.25, 0.3) is 0 Å². The molecule has 198 valence electrons. The van der Waals surface area contributed by atoms with E-state index in [2.05, 4.69) is 70.4 Å². The van der Waals surface area contributed by atoms with E-state index in [1.165, 1.54) is 12.4 Å². The Hall–Kier alpha value is -3.73. The van der Waals surface area contributed by atoms with Gasteiger partial charge in [-0.05, 0) is 58.1 Å². The zero-order chi connectivity index (χ0) is 28.0. The highest BCUT2D eigenvalue weighted by atomic mass is 16.1. The number of ketones is 2. The highest BCUT2D eigenvalue weighted by molar-refractivity contribution is 6.37. The number of rotatable bonds is 10. The number of benzene rings is 2. The maximum atomic E-state index is 13.0. The minimum Gasteiger partial charge on any atom is -0.286 e. The molecule has 0 bridgehead atoms. The molecule has 38 heavy (non-hydrogen) atoms. The average Bonchev–Trinajstić information content (AvgIpc) is 2.89. The Labute approximate surface area is 227 Å². The molecule has 3 aromatic rings. The molecular weight excluding hydrogens is 470 g/mol. The first kappa shape index (κ1) is 28.8. The van der Waals surface area contributed by atoms with Crippen molar-refractivity contribution in [2.24, 2.45) is 9.98 Å². The largest absolute Gasteiger partial charge is 0.286 e. The first-order valence-corrected chi connectivity index (χ1v) is 13.4. The summed E-state index contributed by atoms with van der Waals surface area (Å²) >= 11 is 0. The van der Waals surface area contributed by atoms with E-state index in [9.17, 15) is 9.59 Å². The molecule has 0 radical (unpaired) electrons. The van der Waals surface area contributed by atoms with Crippen LogP contribution in [-0.2, 0) is 0 Å². The molecule has 1 heterocycles. The fourth-order valence-corrected chi connectivity index (χ4v) is 4.41. The van der Waals surface area contributed by atoms with Crippen LogP contribution in [-0.4, -0.2) is 29.0 Å². The second-order valence-corrected chi connectivity index (χ2v) is 10.8. The minimum atomic E-state index is -0.350. The first-order valence-electron chi connectivity index (χ1n) is 13.4. The lowest BCUT2D eigenvalue weighted by Gasteiger charge is -2.16. The number of pyridine rings is 1. The van der Waals surface area contributed by atoms with Crippen molar-refractivity contribution in [3.05, 3.63) is 88.2 Å². The highest BCUT2D eigenvalue weighted by Crippen LogP contribution is 2.35. The van der Waals surface area contributed by atoms with Crippen molar-refractivity contribution in [1.82, 2.24) is 4.98 Å². The third kappa shape index (κ3) is 6.77. The van der Waals surface area contributed by atoms with E-state index in [1.54, 1.807) is 18.2 Å². The minimum absolute atomic E-state index is 0.173. The summed E-state index contributed by atoms with van der Waals surface area (Å²) in [6.45, 7) is 16.9. The van der Waals surface area contributed by atoms with Crippen LogP contribution >= 0.6 is 0 Å². The Balaban J connectivity index is 1.89. The number of carbonyl (C=O) groups is 2. The molecule has 0 N–H and O–H groups in total. The Morgan fingerprint density at radius 1 is 0.553 bits per heavy atom. The van der Waals surface area contributed by atoms with E-state index in [-0.39, 0.29) is 46.6 Å². The molecule has 3 rings (SSSR count). The monoisotopic (exact) mass is 509 g/mol. The van der Waals surface area contributed by atoms with Gasteiger partial charge in [0.05, 0.1) is 23.8 Å². The average molecular weight is 510 g/mol. The van der Waals surface area contributed by atoms with Crippen molar-refractivity contribution in [3.63, 3.8) is 0 Å². The number of hydrogen-bond donors (Lipinski definition) is 0. The second-order valence-electron chi connectivity index (χ2n) is 10.8. The van der Waals surface area contributed by atoms with Crippen LogP contribution in [0.15, 0.2) is 64.6 Å². The van der Waals surface area contributed by atoms with Crippen LogP contribution in [0.4, 0.5) is 11.4 Å². The Bertz CT molecular complexity index is 1210. The molecule has 0 saturated heterocycles. The summed E-state index contributed by atoms with van der Waals surface area (Å²) in [5, 5.41) is 0. The van der Waals surface area contributed by atoms with Crippen LogP contribution < -0.4 is 0 Å². The lowest BCUT2D eigenvalue weighted by molar-refractivity contribution is 0.106. The number of aliphatic imine (C=N–C) groups is 2. The quantitative estimate of drug-likeness (QED) is 0.203. The van der Waals surface area contributed by atoms with Crippen LogP contribution in [0.1, 0.15) is 122 Å². The third-order valence-corrected chi connectivity index (χ3v) is 6.56. The van der Waals surface area contributed by atoms with Gasteiger partial charge < -0.3 is 0 Å². The normalized spacial score (nSPS) is 12.1. The van der Waals surface area contributed by atoms with Crippen molar-refractivity contribution in [2.75, 3.05) is 0 Å². The van der Waals surface area contributed by atoms with Gasteiger partial charge in [-0.1, -0.05) is 97.9 Å². The van der Waals surface area contributed by atoms with Gasteiger partial charge in [-0.15, -0.1) is 0 Å². The number of para-hydroxylation sites is 2. The summed E-state index contributed by atoms with van der Waals surface area (Å²) in [6, 6.07) is 17.1. The molecule has 0 aliphatic rings. The molecule has 5 nitrogen and oxygen atoms in total. The van der Waals surface area contributed by atoms with E-state index >= 15 is 0 Å². The summed E-state index contributed by atoms with van der Waals surface area (Å²) in [5.74, 6) is 0.379. The van der Waals surface area contributed by atoms with Crippen LogP contribution in [0.3, 0.4) is 0 Å². The van der Waals surface area contributed by atoms with Crippen LogP contribution in [0.25, 0.3) is 0 Å². The summed E-state index contributed by atoms with van der Waals surface area (Å²) in [5.41, 5.74) is 6.38. The van der Waals surface area contributed by atoms with E-state index in [0.717, 1.165) is 33.6 Å². The lowest BCUT2D eigenvalue weighted by Crippen LogP contribution is -2.10. The molecule has 0 unspecified atom stereocenters. The fourth-order valence-electron chi connectivity index (χ4n) is 4.41. The van der Waals surface area contributed by atoms with Crippen LogP contribution in [0.5, 0.6) is 0 Å². The van der Waals surface area contributed by atoms with Crippen LogP contribution in [0.2, 0.25) is 0 Å². The molecule has 0 saturated carbocycles. The van der Waals surface area contributed by atoms with Crippen molar-refractivity contribution in [3.8, 4) is 0 Å². The maximum Gasteiger partial charge on any atom is 0.222 e. The first-order chi connectivity index (χ1) is 18.0. The van der Waals surface area contributed by atoms with E-state index < -0.39 is 0 Å². The predicted molar refractivity (Wildman–Crippen MR) is 158 cm³/mol. The molecule has 0 atom stereocenters. The SMILES string of the molecule is CC(C)c1cccc(C(C)C)c1N=CC(=O)c1cccc(C(=O)C=Nc2c(C(C)C)cccc2C(C)C)n1. The molecule has 0 spiro atoms. The molecular formula is C33H39N3O2. The molecule has 1 aromatic heterocycles. The predicted octanol–water partition coefficient (Wildman–Crippen LogP) is 8.75. The zero-order valence-electron chi connectivity index (χ0n) is 23.8. The van der Waals surface area contributed by atoms with Gasteiger partial charge in [0.15, 0.2) is 0 Å². The second kappa shape index (κ2) is 12.7. The molecule has 2 aromatic carbocycles. The van der Waals surface area contributed by atoms with Crippen molar-refractivity contribution in [2.45, 2.75) is 79.1 Å². The third-order valence-electron chi connectivity index (χ3n) is 6.56. The van der Waals surface area contributed by atoms with Crippen molar-refractivity contribution < 1.29 is 9.59 Å². The zero-order valence-corrected chi connectivity index (χ0v) is 23.8. The van der Waals surface area contributed by atoms with Gasteiger partial charge in [0, 0.05) is 0 Å². The number of hydrogen-bond acceptors (Lipinski definition) is 5. The van der Waals surface area contributed by atoms with Gasteiger partial charge in [-0.3, -0.25) is 19.6 Å². The Kier molecular flexibility index (Phi) is 9.62. The summed E-state index contributed by atoms with van der Waals surface area (Å²) < 4.78 is 0. The summed E-state index contributed by atoms with van der Waals surface area (Å²) in [6.07, 6.45) is 2.62. The van der Waals surface area contributed by atoms with Gasteiger partial charge >= 0.3 is 0 Å². The van der Waals surface area contributed by atoms with Gasteiger partial charge in [-0.2, -0.15) is 0 Å². The van der Waals surface area contributed by atoms with Gasteiger partial charge in [0.2, 0.25) is 11.6 Å². The number of Topliss-reactive ketones (excluding diaryl/α,β-unsaturated/α-hetero) is 2. The van der Waals surface area contributed by atoms with E-state index in [1.807, 2.05) is 36.4 Å². The summed E-state index contributed by atoms with van der Waals surface area (Å²) in [7, 11) is 0. The number of nitrogens with zero attached hydrogens (tertiary/aromatic N) is 3. The lowest BCUT2D eigenvalue weighted by atomic mass is 9.93. The Morgan fingerprint density at radius 2 is 0.842 bits per heavy atom. The van der Waals surface area contributed by atoms with E-state index in [4.69, 9.17) is 0 Å². The maximum absolute atomic E-state index is 13.0. The molecule has 0 aliphatic heterocycles. The van der Waals surface area contributed by atoms with Crippen molar-refractivity contribution >= 4 is 35.4 Å². The number of carbonyl (C=O) groups excluding carboxylic acids is 2. The van der Waals surface area contributed by atoms with Crippen LogP contribution in [0, 0.1) is 0 Å².